The maximum Gasteiger partial charge on any atom is 0.125 e. The van der Waals surface area contributed by atoms with Crippen molar-refractivity contribution in [3.63, 3.8) is 0 Å². The highest BCUT2D eigenvalue weighted by atomic mass is 32.1. The minimum atomic E-state index is 0.717. The molecule has 6 heteroatoms. The first-order valence-corrected chi connectivity index (χ1v) is 6.36. The van der Waals surface area contributed by atoms with Crippen LogP contribution in [0.4, 0.5) is 5.00 Å². The lowest BCUT2D eigenvalue weighted by Gasteiger charge is -2.16. The SMILES string of the molecule is ON1C=C(c2cccs2)N(c2cccs2)O1. The maximum atomic E-state index is 9.37. The highest BCUT2D eigenvalue weighted by Crippen LogP contribution is 2.35. The van der Waals surface area contributed by atoms with Crippen LogP contribution in [0.15, 0.2) is 41.2 Å². The first kappa shape index (κ1) is 9.86. The Labute approximate surface area is 100 Å². The van der Waals surface area contributed by atoms with E-state index in [9.17, 15) is 5.21 Å². The van der Waals surface area contributed by atoms with Gasteiger partial charge in [0.25, 0.3) is 0 Å². The van der Waals surface area contributed by atoms with Crippen molar-refractivity contribution in [1.29, 1.82) is 0 Å². The molecule has 2 aromatic rings. The summed E-state index contributed by atoms with van der Waals surface area (Å²) in [6, 6.07) is 7.83. The van der Waals surface area contributed by atoms with Gasteiger partial charge in [-0.3, -0.25) is 5.21 Å². The van der Waals surface area contributed by atoms with Gasteiger partial charge in [-0.1, -0.05) is 6.07 Å². The van der Waals surface area contributed by atoms with Crippen LogP contribution >= 0.6 is 22.7 Å². The third kappa shape index (κ3) is 1.61. The third-order valence-corrected chi connectivity index (χ3v) is 3.83. The van der Waals surface area contributed by atoms with Crippen LogP contribution in [0.2, 0.25) is 0 Å². The minimum absolute atomic E-state index is 0.717. The van der Waals surface area contributed by atoms with Gasteiger partial charge in [0.1, 0.15) is 10.7 Å². The van der Waals surface area contributed by atoms with Gasteiger partial charge in [0, 0.05) is 0 Å². The summed E-state index contributed by atoms with van der Waals surface area (Å²) in [5.41, 5.74) is 0.833. The summed E-state index contributed by atoms with van der Waals surface area (Å²) in [6.45, 7) is 0. The molecule has 0 fully saturated rings. The molecule has 0 unspecified atom stereocenters. The molecule has 3 rings (SSSR count). The number of hydrogen-bond donors (Lipinski definition) is 1. The summed E-state index contributed by atoms with van der Waals surface area (Å²) in [4.78, 5) is 6.24. The second-order valence-corrected chi connectivity index (χ2v) is 5.00. The molecule has 0 saturated carbocycles. The summed E-state index contributed by atoms with van der Waals surface area (Å²) >= 11 is 3.15. The fourth-order valence-corrected chi connectivity index (χ4v) is 2.84. The van der Waals surface area contributed by atoms with E-state index in [0.29, 0.717) is 0 Å². The smallest absolute Gasteiger partial charge is 0.125 e. The molecule has 0 aromatic carbocycles. The van der Waals surface area contributed by atoms with Gasteiger partial charge in [-0.05, 0) is 29.0 Å². The van der Waals surface area contributed by atoms with Gasteiger partial charge < -0.3 is 0 Å². The molecule has 1 N–H and O–H groups in total. The Balaban J connectivity index is 1.99. The van der Waals surface area contributed by atoms with Crippen LogP contribution in [0.3, 0.4) is 0 Å². The number of hydroxylamine groups is 3. The van der Waals surface area contributed by atoms with E-state index in [1.807, 2.05) is 35.0 Å². The normalized spacial score (nSPS) is 15.7. The van der Waals surface area contributed by atoms with E-state index < -0.39 is 0 Å². The monoisotopic (exact) mass is 252 g/mol. The molecule has 2 aromatic heterocycles. The van der Waals surface area contributed by atoms with Crippen molar-refractivity contribution in [3.8, 4) is 0 Å². The van der Waals surface area contributed by atoms with Gasteiger partial charge >= 0.3 is 0 Å². The fourth-order valence-electron chi connectivity index (χ4n) is 1.44. The molecule has 16 heavy (non-hydrogen) atoms. The van der Waals surface area contributed by atoms with Crippen molar-refractivity contribution < 1.29 is 10.1 Å². The standard InChI is InChI=1S/C10H8N2O2S2/c13-11-7-8(9-3-1-5-15-9)12(14-11)10-4-2-6-16-10/h1-7,13H. The molecule has 82 valence electrons. The van der Waals surface area contributed by atoms with Crippen LogP contribution in [0.25, 0.3) is 5.70 Å². The molecule has 0 spiro atoms. The lowest BCUT2D eigenvalue weighted by atomic mass is 10.3. The lowest BCUT2D eigenvalue weighted by molar-refractivity contribution is -0.293. The van der Waals surface area contributed by atoms with Gasteiger partial charge in [-0.2, -0.15) is 5.06 Å². The molecule has 0 bridgehead atoms. The summed E-state index contributed by atoms with van der Waals surface area (Å²) in [5, 5.41) is 16.6. The molecule has 1 aliphatic heterocycles. The number of nitrogens with zero attached hydrogens (tertiary/aromatic N) is 2. The van der Waals surface area contributed by atoms with E-state index in [2.05, 4.69) is 0 Å². The molecule has 0 atom stereocenters. The Morgan fingerprint density at radius 1 is 1.12 bits per heavy atom. The van der Waals surface area contributed by atoms with Crippen molar-refractivity contribution in [2.75, 3.05) is 5.06 Å². The van der Waals surface area contributed by atoms with Gasteiger partial charge in [-0.25, -0.2) is 0 Å². The zero-order valence-corrected chi connectivity index (χ0v) is 9.74. The Kier molecular flexibility index (Phi) is 2.41. The fraction of sp³-hybridized carbons (Fsp3) is 0. The van der Waals surface area contributed by atoms with Crippen LogP contribution < -0.4 is 5.06 Å². The summed E-state index contributed by atoms with van der Waals surface area (Å²) in [5.74, 6) is 0. The van der Waals surface area contributed by atoms with Gasteiger partial charge in [0.2, 0.25) is 0 Å². The summed E-state index contributed by atoms with van der Waals surface area (Å²) < 4.78 is 0. The highest BCUT2D eigenvalue weighted by Gasteiger charge is 2.26. The minimum Gasteiger partial charge on any atom is -0.262 e. The molecule has 0 saturated heterocycles. The molecule has 4 nitrogen and oxygen atoms in total. The third-order valence-electron chi connectivity index (χ3n) is 2.10. The summed E-state index contributed by atoms with van der Waals surface area (Å²) in [6.07, 6.45) is 1.55. The van der Waals surface area contributed by atoms with E-state index in [1.165, 1.54) is 0 Å². The average molecular weight is 252 g/mol. The molecule has 0 aliphatic carbocycles. The summed E-state index contributed by atoms with van der Waals surface area (Å²) in [7, 11) is 0. The van der Waals surface area contributed by atoms with Crippen LogP contribution in [-0.4, -0.2) is 10.4 Å². The molecule has 3 heterocycles. The van der Waals surface area contributed by atoms with Gasteiger partial charge in [-0.15, -0.1) is 32.8 Å². The number of anilines is 1. The van der Waals surface area contributed by atoms with Crippen molar-refractivity contribution in [3.05, 3.63) is 46.1 Å². The van der Waals surface area contributed by atoms with Gasteiger partial charge in [0.05, 0.1) is 11.1 Å². The highest BCUT2D eigenvalue weighted by molar-refractivity contribution is 7.14. The number of rotatable bonds is 2. The van der Waals surface area contributed by atoms with E-state index >= 15 is 0 Å². The Morgan fingerprint density at radius 2 is 1.94 bits per heavy atom. The topological polar surface area (TPSA) is 35.9 Å². The van der Waals surface area contributed by atoms with Crippen LogP contribution in [0, 0.1) is 0 Å². The first-order chi connectivity index (χ1) is 7.84. The van der Waals surface area contributed by atoms with Crippen molar-refractivity contribution >= 4 is 33.4 Å². The van der Waals surface area contributed by atoms with E-state index in [1.54, 1.807) is 33.9 Å². The van der Waals surface area contributed by atoms with Crippen molar-refractivity contribution in [1.82, 2.24) is 5.23 Å². The van der Waals surface area contributed by atoms with E-state index in [4.69, 9.17) is 4.94 Å². The van der Waals surface area contributed by atoms with Crippen molar-refractivity contribution in [2.45, 2.75) is 0 Å². The number of hydrogen-bond acceptors (Lipinski definition) is 6. The first-order valence-electron chi connectivity index (χ1n) is 4.60. The molecule has 0 amide bonds. The second kappa shape index (κ2) is 3.91. The molecule has 0 radical (unpaired) electrons. The van der Waals surface area contributed by atoms with E-state index in [-0.39, 0.29) is 0 Å². The van der Waals surface area contributed by atoms with Gasteiger partial charge in [0.15, 0.2) is 0 Å². The second-order valence-electron chi connectivity index (χ2n) is 3.12. The van der Waals surface area contributed by atoms with Crippen LogP contribution in [-0.2, 0) is 4.94 Å². The largest absolute Gasteiger partial charge is 0.262 e. The number of thiophene rings is 2. The van der Waals surface area contributed by atoms with E-state index in [0.717, 1.165) is 20.8 Å². The zero-order valence-electron chi connectivity index (χ0n) is 8.11. The molecular formula is C10H8N2O2S2. The zero-order chi connectivity index (χ0) is 11.0. The van der Waals surface area contributed by atoms with Crippen LogP contribution in [0.5, 0.6) is 0 Å². The predicted octanol–water partition coefficient (Wildman–Crippen LogP) is 3.17. The lowest BCUT2D eigenvalue weighted by Crippen LogP contribution is -2.20. The molecule has 1 aliphatic rings. The predicted molar refractivity (Wildman–Crippen MR) is 63.8 cm³/mol. The average Bonchev–Trinajstić information content (AvgIpc) is 2.98. The Bertz CT molecular complexity index is 493. The maximum absolute atomic E-state index is 9.37. The van der Waals surface area contributed by atoms with Crippen molar-refractivity contribution in [2.24, 2.45) is 0 Å². The molecular weight excluding hydrogens is 244 g/mol. The van der Waals surface area contributed by atoms with Crippen LogP contribution in [0.1, 0.15) is 4.88 Å². The Hall–Kier alpha value is -1.34. The Morgan fingerprint density at radius 3 is 2.62 bits per heavy atom. The quantitative estimate of drug-likeness (QED) is 0.890.